The number of carbonyl (C=O) groups excluding carboxylic acids is 2. The van der Waals surface area contributed by atoms with Gasteiger partial charge < -0.3 is 19.1 Å². The Hall–Kier alpha value is -5.34. The van der Waals surface area contributed by atoms with E-state index < -0.39 is 50.5 Å². The first kappa shape index (κ1) is 33.8. The molecule has 52 heavy (non-hydrogen) atoms. The third-order valence-corrected chi connectivity index (χ3v) is 12.2. The van der Waals surface area contributed by atoms with Gasteiger partial charge in [-0.15, -0.1) is 23.2 Å². The van der Waals surface area contributed by atoms with Crippen LogP contribution in [-0.2, 0) is 36.1 Å². The minimum atomic E-state index is -2.00. The van der Waals surface area contributed by atoms with Crippen molar-refractivity contribution in [2.24, 2.45) is 7.05 Å². The highest BCUT2D eigenvalue weighted by Crippen LogP contribution is 2.63. The van der Waals surface area contributed by atoms with E-state index in [9.17, 15) is 29.1 Å². The number of alkyl halides is 2. The van der Waals surface area contributed by atoms with Crippen molar-refractivity contribution in [2.75, 3.05) is 21.3 Å². The van der Waals surface area contributed by atoms with Gasteiger partial charge in [0.1, 0.15) is 11.4 Å². The first-order chi connectivity index (χ1) is 24.8. The zero-order chi connectivity index (χ0) is 37.0. The molecule has 3 aromatic carbocycles. The highest BCUT2D eigenvalue weighted by molar-refractivity contribution is 6.53. The van der Waals surface area contributed by atoms with Gasteiger partial charge in [0.05, 0.1) is 37.8 Å². The molecule has 3 aliphatic rings. The molecule has 0 spiro atoms. The summed E-state index contributed by atoms with van der Waals surface area (Å²) in [5.74, 6) is -1.59. The van der Waals surface area contributed by atoms with Gasteiger partial charge in [-0.05, 0) is 22.6 Å². The highest BCUT2D eigenvalue weighted by atomic mass is 35.5. The molecule has 14 nitrogen and oxygen atoms in total. The van der Waals surface area contributed by atoms with Crippen LogP contribution in [0.3, 0.4) is 0 Å². The SMILES string of the molecule is COc1cc2nc(CCn3c(=O)n4n(c3=O)C3CC5(Cl)C(=O)N(C)C(=O)C5(Cl)C(c5ccc(O)c6ccccc56)C3=CC4)c(=O)n(C)c2cc1OC. The fraction of sp³-hybridized carbons (Fsp3) is 0.333. The molecule has 1 saturated carbocycles. The number of allylic oxidation sites excluding steroid dienone is 2. The highest BCUT2D eigenvalue weighted by Gasteiger charge is 2.75. The Balaban J connectivity index is 1.24. The van der Waals surface area contributed by atoms with Crippen molar-refractivity contribution in [3.8, 4) is 17.2 Å². The Morgan fingerprint density at radius 2 is 1.62 bits per heavy atom. The lowest BCUT2D eigenvalue weighted by Crippen LogP contribution is -2.59. The molecular weight excluding hydrogens is 715 g/mol. The predicted molar refractivity (Wildman–Crippen MR) is 192 cm³/mol. The van der Waals surface area contributed by atoms with E-state index in [-0.39, 0.29) is 37.4 Å². The van der Waals surface area contributed by atoms with E-state index in [1.54, 1.807) is 55.6 Å². The lowest BCUT2D eigenvalue weighted by molar-refractivity contribution is -0.137. The maximum atomic E-state index is 14.3. The number of ether oxygens (including phenoxy) is 2. The van der Waals surface area contributed by atoms with Crippen LogP contribution >= 0.6 is 23.2 Å². The first-order valence-corrected chi connectivity index (χ1v) is 17.2. The third-order valence-electron chi connectivity index (χ3n) is 10.8. The average molecular weight is 748 g/mol. The monoisotopic (exact) mass is 746 g/mol. The van der Waals surface area contributed by atoms with Crippen molar-refractivity contribution < 1.29 is 24.2 Å². The van der Waals surface area contributed by atoms with Crippen LogP contribution in [0.4, 0.5) is 0 Å². The molecule has 4 atom stereocenters. The molecule has 1 saturated heterocycles. The van der Waals surface area contributed by atoms with Gasteiger partial charge in [0.25, 0.3) is 17.4 Å². The number of hydrogen-bond acceptors (Lipinski definition) is 9. The molecule has 2 aromatic heterocycles. The zero-order valence-electron chi connectivity index (χ0n) is 28.4. The van der Waals surface area contributed by atoms with Crippen LogP contribution in [0.15, 0.2) is 74.6 Å². The van der Waals surface area contributed by atoms with E-state index in [2.05, 4.69) is 4.98 Å². The number of imide groups is 1. The predicted octanol–water partition coefficient (Wildman–Crippen LogP) is 2.80. The summed E-state index contributed by atoms with van der Waals surface area (Å²) in [5.41, 5.74) is 0.419. The number of amides is 2. The normalized spacial score (nSPS) is 23.8. The van der Waals surface area contributed by atoms with Gasteiger partial charge in [-0.1, -0.05) is 36.4 Å². The largest absolute Gasteiger partial charge is 0.507 e. The van der Waals surface area contributed by atoms with Crippen molar-refractivity contribution in [2.45, 2.75) is 47.6 Å². The van der Waals surface area contributed by atoms with Crippen LogP contribution in [0.25, 0.3) is 21.8 Å². The molecule has 4 unspecified atom stereocenters. The zero-order valence-corrected chi connectivity index (χ0v) is 29.9. The standard InChI is InChI=1S/C36H32Cl2N6O8/c1-40-24-16-28(52-4)27(51-3)15-23(24)39-22(30(40)46)12-13-42-33(49)43-14-11-21-25(44(43)34(42)50)17-35(37)31(47)41(2)32(48)36(35,38)29(21)20-9-10-26(45)19-8-6-5-7-18(19)20/h5-11,15-16,25,29,45H,12-14,17H2,1-4H3. The Morgan fingerprint density at radius 1 is 0.923 bits per heavy atom. The van der Waals surface area contributed by atoms with E-state index >= 15 is 0 Å². The van der Waals surface area contributed by atoms with Crippen molar-refractivity contribution in [1.82, 2.24) is 28.4 Å². The maximum Gasteiger partial charge on any atom is 0.347 e. The van der Waals surface area contributed by atoms with Crippen molar-refractivity contribution in [3.05, 3.63) is 103 Å². The summed E-state index contributed by atoms with van der Waals surface area (Å²) in [5, 5.41) is 11.8. The molecule has 2 fully saturated rings. The van der Waals surface area contributed by atoms with E-state index in [0.29, 0.717) is 44.4 Å². The van der Waals surface area contributed by atoms with E-state index in [4.69, 9.17) is 32.7 Å². The van der Waals surface area contributed by atoms with E-state index in [0.717, 1.165) is 9.47 Å². The summed E-state index contributed by atoms with van der Waals surface area (Å²) >= 11 is 14.6. The second-order valence-electron chi connectivity index (χ2n) is 13.3. The molecule has 2 aliphatic heterocycles. The molecule has 2 amide bonds. The summed E-state index contributed by atoms with van der Waals surface area (Å²) in [6.07, 6.45) is 1.44. The van der Waals surface area contributed by atoms with Crippen LogP contribution in [0.5, 0.6) is 17.2 Å². The number of fused-ring (bicyclic) bond motifs is 6. The number of aryl methyl sites for hydroxylation is 2. The van der Waals surface area contributed by atoms with Crippen LogP contribution in [0, 0.1) is 0 Å². The van der Waals surface area contributed by atoms with E-state index in [1.165, 1.54) is 41.3 Å². The Bertz CT molecular complexity index is 2620. The van der Waals surface area contributed by atoms with Crippen LogP contribution < -0.4 is 26.4 Å². The Labute approximate surface area is 304 Å². The second-order valence-corrected chi connectivity index (χ2v) is 14.5. The van der Waals surface area contributed by atoms with Gasteiger partial charge >= 0.3 is 11.4 Å². The van der Waals surface area contributed by atoms with Crippen LogP contribution in [0.1, 0.15) is 29.6 Å². The van der Waals surface area contributed by atoms with E-state index in [1.807, 2.05) is 0 Å². The number of methoxy groups -OCH3 is 2. The number of nitrogens with zero attached hydrogens (tertiary/aromatic N) is 6. The number of phenolic OH excluding ortho intramolecular Hbond substituents is 1. The lowest BCUT2D eigenvalue weighted by atomic mass is 9.63. The summed E-state index contributed by atoms with van der Waals surface area (Å²) in [4.78, 5) is 70.8. The summed E-state index contributed by atoms with van der Waals surface area (Å²) in [7, 11) is 5.88. The molecule has 0 bridgehead atoms. The van der Waals surface area contributed by atoms with Crippen molar-refractivity contribution in [1.29, 1.82) is 0 Å². The average Bonchev–Trinajstić information content (AvgIpc) is 3.46. The van der Waals surface area contributed by atoms with Gasteiger partial charge in [0, 0.05) is 56.9 Å². The third kappa shape index (κ3) is 4.30. The number of phenols is 1. The fourth-order valence-corrected chi connectivity index (χ4v) is 9.23. The molecule has 0 radical (unpaired) electrons. The smallest absolute Gasteiger partial charge is 0.347 e. The van der Waals surface area contributed by atoms with Gasteiger partial charge in [-0.2, -0.15) is 0 Å². The molecule has 16 heteroatoms. The van der Waals surface area contributed by atoms with Gasteiger partial charge in [-0.25, -0.2) is 28.5 Å². The minimum Gasteiger partial charge on any atom is -0.507 e. The molecule has 1 aliphatic carbocycles. The van der Waals surface area contributed by atoms with Crippen LogP contribution in [-0.4, -0.2) is 76.3 Å². The molecule has 1 N–H and O–H groups in total. The Kier molecular flexibility index (Phi) is 7.53. The lowest BCUT2D eigenvalue weighted by Gasteiger charge is -2.49. The fourth-order valence-electron chi connectivity index (χ4n) is 8.24. The minimum absolute atomic E-state index is 0.00719. The maximum absolute atomic E-state index is 14.3. The first-order valence-electron chi connectivity index (χ1n) is 16.4. The van der Waals surface area contributed by atoms with Crippen molar-refractivity contribution >= 4 is 56.8 Å². The number of aromatic hydroxyl groups is 1. The van der Waals surface area contributed by atoms with Gasteiger partial charge in [0.15, 0.2) is 21.2 Å². The topological polar surface area (TPSA) is 160 Å². The number of halogens is 2. The van der Waals surface area contributed by atoms with Gasteiger partial charge in [0.2, 0.25) is 0 Å². The quantitative estimate of drug-likeness (QED) is 0.157. The number of hydrogen-bond donors (Lipinski definition) is 1. The molecule has 8 rings (SSSR count). The number of rotatable bonds is 6. The molecule has 268 valence electrons. The molecule has 5 aromatic rings. The molecular formula is C36H32Cl2N6O8. The van der Waals surface area contributed by atoms with Gasteiger partial charge in [-0.3, -0.25) is 19.3 Å². The summed E-state index contributed by atoms with van der Waals surface area (Å²) in [6.45, 7) is -0.220. The summed E-state index contributed by atoms with van der Waals surface area (Å²) < 4.78 is 15.8. The number of benzene rings is 3. The molecule has 4 heterocycles. The second kappa shape index (κ2) is 11.6. The number of carbonyl (C=O) groups is 2. The van der Waals surface area contributed by atoms with Crippen LogP contribution in [0.2, 0.25) is 0 Å². The Morgan fingerprint density at radius 3 is 2.33 bits per heavy atom. The number of aromatic nitrogens is 5. The number of likely N-dealkylation sites (tertiary alicyclic amines) is 1. The summed E-state index contributed by atoms with van der Waals surface area (Å²) in [6, 6.07) is 12.5. The van der Waals surface area contributed by atoms with Crippen molar-refractivity contribution in [3.63, 3.8) is 0 Å².